The molecule has 19 heavy (non-hydrogen) atoms. The monoisotopic (exact) mass is 266 g/mol. The largest absolute Gasteiger partial charge is 0.339 e. The Morgan fingerprint density at radius 3 is 2.26 bits per heavy atom. The highest BCUT2D eigenvalue weighted by atomic mass is 16.2. The average Bonchev–Trinajstić information content (AvgIpc) is 2.73. The van der Waals surface area contributed by atoms with Crippen molar-refractivity contribution < 1.29 is 4.79 Å². The van der Waals surface area contributed by atoms with Crippen LogP contribution < -0.4 is 5.32 Å². The first-order chi connectivity index (χ1) is 9.02. The van der Waals surface area contributed by atoms with Gasteiger partial charge in [-0.3, -0.25) is 4.79 Å². The van der Waals surface area contributed by atoms with E-state index in [4.69, 9.17) is 0 Å². The van der Waals surface area contributed by atoms with E-state index in [2.05, 4.69) is 37.9 Å². The van der Waals surface area contributed by atoms with Crippen molar-refractivity contribution in [2.45, 2.75) is 77.9 Å². The van der Waals surface area contributed by atoms with Crippen LogP contribution in [0.5, 0.6) is 0 Å². The van der Waals surface area contributed by atoms with Gasteiger partial charge in [0, 0.05) is 30.6 Å². The minimum atomic E-state index is 0.152. The standard InChI is InChI=1S/C16H30N2O/c1-5-8-18(16(19)12(4)11(2)3)15-9-13-6-7-14(10-15)17-13/h11-15,17H,5-10H2,1-4H3. The van der Waals surface area contributed by atoms with Gasteiger partial charge in [-0.05, 0) is 38.0 Å². The van der Waals surface area contributed by atoms with Gasteiger partial charge in [-0.15, -0.1) is 0 Å². The van der Waals surface area contributed by atoms with E-state index in [0.717, 1.165) is 25.8 Å². The molecule has 3 heteroatoms. The van der Waals surface area contributed by atoms with E-state index >= 15 is 0 Å². The Kier molecular flexibility index (Phi) is 4.88. The van der Waals surface area contributed by atoms with Gasteiger partial charge in [0.05, 0.1) is 0 Å². The highest BCUT2D eigenvalue weighted by Gasteiger charge is 2.38. The molecule has 110 valence electrons. The SMILES string of the molecule is CCCN(C(=O)C(C)C(C)C)C1CC2CCC(C1)N2. The topological polar surface area (TPSA) is 32.3 Å². The fraction of sp³-hybridized carbons (Fsp3) is 0.938. The zero-order chi connectivity index (χ0) is 14.0. The third-order valence-corrected chi connectivity index (χ3v) is 5.03. The average molecular weight is 266 g/mol. The van der Waals surface area contributed by atoms with Gasteiger partial charge in [-0.2, -0.15) is 0 Å². The third-order valence-electron chi connectivity index (χ3n) is 5.03. The second kappa shape index (κ2) is 6.25. The number of fused-ring (bicyclic) bond motifs is 2. The summed E-state index contributed by atoms with van der Waals surface area (Å²) in [4.78, 5) is 14.9. The maximum atomic E-state index is 12.7. The Morgan fingerprint density at radius 2 is 1.79 bits per heavy atom. The minimum absolute atomic E-state index is 0.152. The Hall–Kier alpha value is -0.570. The van der Waals surface area contributed by atoms with Crippen molar-refractivity contribution in [1.29, 1.82) is 0 Å². The van der Waals surface area contributed by atoms with Crippen molar-refractivity contribution in [1.82, 2.24) is 10.2 Å². The molecule has 0 spiro atoms. The van der Waals surface area contributed by atoms with Crippen molar-refractivity contribution in [2.75, 3.05) is 6.54 Å². The summed E-state index contributed by atoms with van der Waals surface area (Å²) < 4.78 is 0. The molecule has 3 atom stereocenters. The minimum Gasteiger partial charge on any atom is -0.339 e. The van der Waals surface area contributed by atoms with Gasteiger partial charge < -0.3 is 10.2 Å². The van der Waals surface area contributed by atoms with E-state index in [-0.39, 0.29) is 5.92 Å². The molecular formula is C16H30N2O. The number of piperidine rings is 1. The summed E-state index contributed by atoms with van der Waals surface area (Å²) in [7, 11) is 0. The molecule has 0 saturated carbocycles. The van der Waals surface area contributed by atoms with Gasteiger partial charge in [0.2, 0.25) is 5.91 Å². The zero-order valence-electron chi connectivity index (χ0n) is 13.0. The molecule has 3 nitrogen and oxygen atoms in total. The normalized spacial score (nSPS) is 31.5. The summed E-state index contributed by atoms with van der Waals surface area (Å²) >= 11 is 0. The first-order valence-electron chi connectivity index (χ1n) is 8.09. The molecular weight excluding hydrogens is 236 g/mol. The summed E-state index contributed by atoms with van der Waals surface area (Å²) in [6.07, 6.45) is 5.99. The number of carbonyl (C=O) groups excluding carboxylic acids is 1. The summed E-state index contributed by atoms with van der Waals surface area (Å²) in [5, 5.41) is 3.67. The Labute approximate surface area is 118 Å². The number of amides is 1. The van der Waals surface area contributed by atoms with Crippen LogP contribution in [-0.4, -0.2) is 35.5 Å². The van der Waals surface area contributed by atoms with Crippen LogP contribution in [-0.2, 0) is 4.79 Å². The van der Waals surface area contributed by atoms with E-state index in [1.807, 2.05) is 0 Å². The molecule has 2 aliphatic rings. The van der Waals surface area contributed by atoms with Gasteiger partial charge in [0.1, 0.15) is 0 Å². The second-order valence-corrected chi connectivity index (χ2v) is 6.83. The molecule has 0 aromatic carbocycles. The summed E-state index contributed by atoms with van der Waals surface area (Å²) in [6, 6.07) is 1.79. The molecule has 1 N–H and O–H groups in total. The maximum absolute atomic E-state index is 12.7. The predicted molar refractivity (Wildman–Crippen MR) is 79.0 cm³/mol. The number of hydrogen-bond acceptors (Lipinski definition) is 2. The highest BCUT2D eigenvalue weighted by molar-refractivity contribution is 5.79. The van der Waals surface area contributed by atoms with Crippen molar-refractivity contribution in [2.24, 2.45) is 11.8 Å². The van der Waals surface area contributed by atoms with E-state index in [9.17, 15) is 4.79 Å². The van der Waals surface area contributed by atoms with E-state index < -0.39 is 0 Å². The lowest BCUT2D eigenvalue weighted by molar-refractivity contribution is -0.139. The zero-order valence-corrected chi connectivity index (χ0v) is 13.0. The smallest absolute Gasteiger partial charge is 0.225 e. The Morgan fingerprint density at radius 1 is 1.21 bits per heavy atom. The fourth-order valence-electron chi connectivity index (χ4n) is 3.54. The maximum Gasteiger partial charge on any atom is 0.225 e. The quantitative estimate of drug-likeness (QED) is 0.830. The molecule has 1 amide bonds. The molecule has 2 aliphatic heterocycles. The molecule has 3 unspecified atom stereocenters. The Bertz CT molecular complexity index is 304. The van der Waals surface area contributed by atoms with Gasteiger partial charge in [0.15, 0.2) is 0 Å². The lowest BCUT2D eigenvalue weighted by atomic mass is 9.92. The Balaban J connectivity index is 2.04. The number of nitrogens with one attached hydrogen (secondary N) is 1. The van der Waals surface area contributed by atoms with Gasteiger partial charge in [-0.25, -0.2) is 0 Å². The van der Waals surface area contributed by atoms with Crippen molar-refractivity contribution in [3.8, 4) is 0 Å². The summed E-state index contributed by atoms with van der Waals surface area (Å²) in [6.45, 7) is 9.50. The van der Waals surface area contributed by atoms with Crippen molar-refractivity contribution >= 4 is 5.91 Å². The van der Waals surface area contributed by atoms with Gasteiger partial charge >= 0.3 is 0 Å². The van der Waals surface area contributed by atoms with Crippen molar-refractivity contribution in [3.05, 3.63) is 0 Å². The van der Waals surface area contributed by atoms with Crippen LogP contribution in [0.2, 0.25) is 0 Å². The fourth-order valence-corrected chi connectivity index (χ4v) is 3.54. The van der Waals surface area contributed by atoms with E-state index in [0.29, 0.717) is 30.0 Å². The van der Waals surface area contributed by atoms with Gasteiger partial charge in [0.25, 0.3) is 0 Å². The number of nitrogens with zero attached hydrogens (tertiary/aromatic N) is 1. The third kappa shape index (κ3) is 3.31. The molecule has 0 aromatic heterocycles. The summed E-state index contributed by atoms with van der Waals surface area (Å²) in [5.74, 6) is 0.965. The van der Waals surface area contributed by atoms with E-state index in [1.165, 1.54) is 12.8 Å². The van der Waals surface area contributed by atoms with Crippen LogP contribution in [0.25, 0.3) is 0 Å². The van der Waals surface area contributed by atoms with Crippen LogP contribution in [0.4, 0.5) is 0 Å². The van der Waals surface area contributed by atoms with Crippen LogP contribution in [0, 0.1) is 11.8 Å². The molecule has 2 heterocycles. The van der Waals surface area contributed by atoms with Crippen LogP contribution in [0.3, 0.4) is 0 Å². The van der Waals surface area contributed by atoms with Crippen LogP contribution in [0.1, 0.15) is 59.8 Å². The molecule has 0 aliphatic carbocycles. The predicted octanol–water partition coefficient (Wildman–Crippen LogP) is 2.80. The van der Waals surface area contributed by atoms with Crippen molar-refractivity contribution in [3.63, 3.8) is 0 Å². The molecule has 2 bridgehead atoms. The number of rotatable bonds is 5. The number of hydrogen-bond donors (Lipinski definition) is 1. The van der Waals surface area contributed by atoms with Gasteiger partial charge in [-0.1, -0.05) is 27.7 Å². The van der Waals surface area contributed by atoms with Crippen LogP contribution in [0.15, 0.2) is 0 Å². The first kappa shape index (κ1) is 14.8. The van der Waals surface area contributed by atoms with E-state index in [1.54, 1.807) is 0 Å². The lowest BCUT2D eigenvalue weighted by Gasteiger charge is -2.39. The molecule has 0 aromatic rings. The molecule has 2 fully saturated rings. The van der Waals surface area contributed by atoms with Crippen LogP contribution >= 0.6 is 0 Å². The summed E-state index contributed by atoms with van der Waals surface area (Å²) in [5.41, 5.74) is 0. The molecule has 2 rings (SSSR count). The second-order valence-electron chi connectivity index (χ2n) is 6.83. The highest BCUT2D eigenvalue weighted by Crippen LogP contribution is 2.31. The molecule has 0 radical (unpaired) electrons. The first-order valence-corrected chi connectivity index (χ1v) is 8.09. The molecule has 2 saturated heterocycles. The number of carbonyl (C=O) groups is 1. The lowest BCUT2D eigenvalue weighted by Crippen LogP contribution is -2.52.